The fraction of sp³-hybridized carbons (Fsp3) is 1.00. The van der Waals surface area contributed by atoms with E-state index >= 15 is 0 Å². The molecular weight excluding hydrogens is 236 g/mol. The van der Waals surface area contributed by atoms with Crippen molar-refractivity contribution in [1.29, 1.82) is 0 Å². The van der Waals surface area contributed by atoms with Gasteiger partial charge in [-0.3, -0.25) is 4.90 Å². The smallest absolute Gasteiger partial charge is 0.0431 e. The molecule has 0 aromatic heterocycles. The third-order valence-electron chi connectivity index (χ3n) is 4.86. The molecule has 0 aromatic rings. The fourth-order valence-electron chi connectivity index (χ4n) is 3.80. The predicted molar refractivity (Wildman–Crippen MR) is 80.4 cm³/mol. The summed E-state index contributed by atoms with van der Waals surface area (Å²) in [6.45, 7) is 5.14. The van der Waals surface area contributed by atoms with E-state index in [1.54, 1.807) is 0 Å². The lowest BCUT2D eigenvalue weighted by Gasteiger charge is -2.41. The highest BCUT2D eigenvalue weighted by Gasteiger charge is 2.27. The largest absolute Gasteiger partial charge is 0.396 e. The van der Waals surface area contributed by atoms with Crippen LogP contribution in [0.15, 0.2) is 0 Å². The van der Waals surface area contributed by atoms with Crippen LogP contribution in [0.2, 0.25) is 0 Å². The molecule has 0 amide bonds. The van der Waals surface area contributed by atoms with Crippen molar-refractivity contribution in [2.75, 3.05) is 19.7 Å². The SMILES string of the molecule is C[C@H](CCCO)N[C@@H]1CCCN(C2CCCCC2)C1. The Bertz CT molecular complexity index is 241. The molecule has 2 N–H and O–H groups in total. The van der Waals surface area contributed by atoms with Gasteiger partial charge in [0.2, 0.25) is 0 Å². The Hall–Kier alpha value is -0.120. The molecule has 1 aliphatic heterocycles. The first kappa shape index (κ1) is 15.3. The van der Waals surface area contributed by atoms with Crippen molar-refractivity contribution in [3.8, 4) is 0 Å². The van der Waals surface area contributed by atoms with E-state index in [1.165, 1.54) is 58.0 Å². The Morgan fingerprint density at radius 1 is 1.16 bits per heavy atom. The van der Waals surface area contributed by atoms with Crippen molar-refractivity contribution < 1.29 is 5.11 Å². The van der Waals surface area contributed by atoms with Crippen LogP contribution in [0.5, 0.6) is 0 Å². The minimum absolute atomic E-state index is 0.324. The number of nitrogens with zero attached hydrogens (tertiary/aromatic N) is 1. The summed E-state index contributed by atoms with van der Waals surface area (Å²) in [5.41, 5.74) is 0. The summed E-state index contributed by atoms with van der Waals surface area (Å²) in [5.74, 6) is 0. The minimum atomic E-state index is 0.324. The van der Waals surface area contributed by atoms with Crippen LogP contribution in [0.4, 0.5) is 0 Å². The topological polar surface area (TPSA) is 35.5 Å². The molecule has 1 heterocycles. The van der Waals surface area contributed by atoms with E-state index in [9.17, 15) is 0 Å². The zero-order chi connectivity index (χ0) is 13.5. The maximum atomic E-state index is 8.90. The molecule has 1 aliphatic carbocycles. The minimum Gasteiger partial charge on any atom is -0.396 e. The number of likely N-dealkylation sites (tertiary alicyclic amines) is 1. The first-order chi connectivity index (χ1) is 9.29. The third kappa shape index (κ3) is 5.05. The van der Waals surface area contributed by atoms with Gasteiger partial charge in [0, 0.05) is 31.3 Å². The Kier molecular flexibility index (Phi) is 6.62. The van der Waals surface area contributed by atoms with Crippen molar-refractivity contribution >= 4 is 0 Å². The Balaban J connectivity index is 1.73. The molecule has 2 rings (SSSR count). The van der Waals surface area contributed by atoms with Gasteiger partial charge in [-0.15, -0.1) is 0 Å². The van der Waals surface area contributed by atoms with Crippen molar-refractivity contribution in [3.63, 3.8) is 0 Å². The summed E-state index contributed by atoms with van der Waals surface area (Å²) in [6, 6.07) is 2.08. The Morgan fingerprint density at radius 3 is 2.68 bits per heavy atom. The predicted octanol–water partition coefficient (Wildman–Crippen LogP) is 2.53. The quantitative estimate of drug-likeness (QED) is 0.777. The van der Waals surface area contributed by atoms with Crippen LogP contribution in [0.3, 0.4) is 0 Å². The van der Waals surface area contributed by atoms with E-state index < -0.39 is 0 Å². The van der Waals surface area contributed by atoms with Crippen LogP contribution >= 0.6 is 0 Å². The van der Waals surface area contributed by atoms with Crippen molar-refractivity contribution in [1.82, 2.24) is 10.2 Å². The summed E-state index contributed by atoms with van der Waals surface area (Å²) in [5, 5.41) is 12.7. The molecule has 1 saturated heterocycles. The molecular formula is C16H32N2O. The van der Waals surface area contributed by atoms with Gasteiger partial charge < -0.3 is 10.4 Å². The normalized spacial score (nSPS) is 28.4. The highest BCUT2D eigenvalue weighted by Crippen LogP contribution is 2.25. The summed E-state index contributed by atoms with van der Waals surface area (Å²) >= 11 is 0. The lowest BCUT2D eigenvalue weighted by molar-refractivity contribution is 0.106. The molecule has 0 bridgehead atoms. The first-order valence-electron chi connectivity index (χ1n) is 8.40. The zero-order valence-corrected chi connectivity index (χ0v) is 12.6. The van der Waals surface area contributed by atoms with Gasteiger partial charge in [-0.2, -0.15) is 0 Å². The highest BCUT2D eigenvalue weighted by atomic mass is 16.2. The average Bonchev–Trinajstić information content (AvgIpc) is 2.46. The second-order valence-corrected chi connectivity index (χ2v) is 6.56. The molecule has 0 radical (unpaired) electrons. The van der Waals surface area contributed by atoms with E-state index in [0.29, 0.717) is 18.7 Å². The van der Waals surface area contributed by atoms with Crippen molar-refractivity contribution in [2.45, 2.75) is 82.8 Å². The van der Waals surface area contributed by atoms with Gasteiger partial charge in [0.1, 0.15) is 0 Å². The molecule has 0 spiro atoms. The molecule has 2 aliphatic rings. The van der Waals surface area contributed by atoms with Crippen LogP contribution in [-0.2, 0) is 0 Å². The van der Waals surface area contributed by atoms with Crippen LogP contribution in [0, 0.1) is 0 Å². The van der Waals surface area contributed by atoms with Crippen LogP contribution in [0.1, 0.15) is 64.7 Å². The van der Waals surface area contributed by atoms with Gasteiger partial charge in [-0.1, -0.05) is 19.3 Å². The lowest BCUT2D eigenvalue weighted by Crippen LogP contribution is -2.51. The van der Waals surface area contributed by atoms with Crippen LogP contribution < -0.4 is 5.32 Å². The third-order valence-corrected chi connectivity index (χ3v) is 4.86. The summed E-state index contributed by atoms with van der Waals surface area (Å²) < 4.78 is 0. The highest BCUT2D eigenvalue weighted by molar-refractivity contribution is 4.85. The summed E-state index contributed by atoms with van der Waals surface area (Å²) in [4.78, 5) is 2.75. The lowest BCUT2D eigenvalue weighted by atomic mass is 9.92. The number of hydrogen-bond donors (Lipinski definition) is 2. The van der Waals surface area contributed by atoms with Gasteiger partial charge in [-0.25, -0.2) is 0 Å². The Labute approximate surface area is 118 Å². The fourth-order valence-corrected chi connectivity index (χ4v) is 3.80. The van der Waals surface area contributed by atoms with Gasteiger partial charge in [0.15, 0.2) is 0 Å². The molecule has 112 valence electrons. The van der Waals surface area contributed by atoms with Crippen LogP contribution in [-0.4, -0.2) is 47.8 Å². The first-order valence-corrected chi connectivity index (χ1v) is 8.40. The second-order valence-electron chi connectivity index (χ2n) is 6.56. The molecule has 2 fully saturated rings. The molecule has 2 atom stereocenters. The van der Waals surface area contributed by atoms with E-state index in [-0.39, 0.29) is 0 Å². The van der Waals surface area contributed by atoms with Crippen molar-refractivity contribution in [2.24, 2.45) is 0 Å². The van der Waals surface area contributed by atoms with Crippen LogP contribution in [0.25, 0.3) is 0 Å². The summed E-state index contributed by atoms with van der Waals surface area (Å²) in [6.07, 6.45) is 11.9. The number of aliphatic hydroxyl groups is 1. The number of hydrogen-bond acceptors (Lipinski definition) is 3. The van der Waals surface area contributed by atoms with E-state index in [4.69, 9.17) is 5.11 Å². The van der Waals surface area contributed by atoms with E-state index in [0.717, 1.165) is 18.9 Å². The molecule has 3 nitrogen and oxygen atoms in total. The summed E-state index contributed by atoms with van der Waals surface area (Å²) in [7, 11) is 0. The van der Waals surface area contributed by atoms with Crippen molar-refractivity contribution in [3.05, 3.63) is 0 Å². The van der Waals surface area contributed by atoms with Gasteiger partial charge in [0.25, 0.3) is 0 Å². The molecule has 1 saturated carbocycles. The van der Waals surface area contributed by atoms with Gasteiger partial charge in [-0.05, 0) is 52.0 Å². The van der Waals surface area contributed by atoms with E-state index in [1.807, 2.05) is 0 Å². The average molecular weight is 268 g/mol. The monoisotopic (exact) mass is 268 g/mol. The number of aliphatic hydroxyl groups excluding tert-OH is 1. The van der Waals surface area contributed by atoms with E-state index in [2.05, 4.69) is 17.1 Å². The maximum Gasteiger partial charge on any atom is 0.0431 e. The Morgan fingerprint density at radius 2 is 1.95 bits per heavy atom. The van der Waals surface area contributed by atoms with Gasteiger partial charge in [0.05, 0.1) is 0 Å². The molecule has 0 aromatic carbocycles. The molecule has 19 heavy (non-hydrogen) atoms. The standard InChI is InChI=1S/C16H32N2O/c1-14(7-6-12-19)17-15-8-5-11-18(13-15)16-9-3-2-4-10-16/h14-17,19H,2-13H2,1H3/t14-,15-/m1/s1. The number of rotatable bonds is 6. The molecule has 3 heteroatoms. The zero-order valence-electron chi connectivity index (χ0n) is 12.6. The number of piperidine rings is 1. The number of nitrogens with one attached hydrogen (secondary N) is 1. The maximum absolute atomic E-state index is 8.90. The molecule has 0 unspecified atom stereocenters. The van der Waals surface area contributed by atoms with Gasteiger partial charge >= 0.3 is 0 Å². The second kappa shape index (κ2) is 8.23.